The summed E-state index contributed by atoms with van der Waals surface area (Å²) in [7, 11) is 0. The average molecular weight is 407 g/mol. The Morgan fingerprint density at radius 2 is 2.00 bits per heavy atom. The van der Waals surface area contributed by atoms with Gasteiger partial charge in [0.15, 0.2) is 17.3 Å². The molecular formula is C20H17N5O3S. The zero-order valence-corrected chi connectivity index (χ0v) is 16.4. The van der Waals surface area contributed by atoms with Crippen molar-refractivity contribution in [2.75, 3.05) is 18.5 Å². The van der Waals surface area contributed by atoms with Gasteiger partial charge in [-0.05, 0) is 30.3 Å². The summed E-state index contributed by atoms with van der Waals surface area (Å²) in [6.07, 6.45) is 0.760. The molecule has 1 amide bonds. The number of ether oxygens (including phenoxy) is 2. The lowest BCUT2D eigenvalue weighted by Crippen LogP contribution is -2.17. The third-order valence-corrected chi connectivity index (χ3v) is 5.49. The van der Waals surface area contributed by atoms with Crippen LogP contribution in [0, 0.1) is 0 Å². The van der Waals surface area contributed by atoms with Gasteiger partial charge in [0.2, 0.25) is 4.96 Å². The number of rotatable bonds is 4. The van der Waals surface area contributed by atoms with Gasteiger partial charge in [0.1, 0.15) is 18.2 Å². The van der Waals surface area contributed by atoms with Gasteiger partial charge in [0.05, 0.1) is 0 Å². The van der Waals surface area contributed by atoms with Gasteiger partial charge in [0, 0.05) is 23.2 Å². The van der Waals surface area contributed by atoms with Crippen molar-refractivity contribution in [2.45, 2.75) is 13.3 Å². The summed E-state index contributed by atoms with van der Waals surface area (Å²) in [5, 5.41) is 16.6. The number of carbonyl (C=O) groups excluding carboxylic acids is 1. The van der Waals surface area contributed by atoms with Crippen LogP contribution in [0.15, 0.2) is 42.5 Å². The van der Waals surface area contributed by atoms with Gasteiger partial charge in [-0.25, -0.2) is 0 Å². The number of fused-ring (bicyclic) bond motifs is 2. The standard InChI is InChI=1S/C20H17N5O3S/c1-2-17-22-23-20-25(17)24-19(29-20)13-4-3-5-14(10-13)21-18(26)12-6-7-15-16(11-12)28-9-8-27-15/h3-7,10-11H,2,8-9H2,1H3,(H,21,26). The molecular weight excluding hydrogens is 390 g/mol. The Labute approximate surface area is 170 Å². The predicted octanol–water partition coefficient (Wildman–Crippen LogP) is 3.44. The number of nitrogens with one attached hydrogen (secondary N) is 1. The lowest BCUT2D eigenvalue weighted by molar-refractivity contribution is 0.102. The SMILES string of the molecule is CCc1nnc2sc(-c3cccc(NC(=O)c4ccc5c(c4)OCCO5)c3)nn12. The van der Waals surface area contributed by atoms with Crippen LogP contribution in [0.2, 0.25) is 0 Å². The number of hydrogen-bond acceptors (Lipinski definition) is 7. The number of benzene rings is 2. The second-order valence-electron chi connectivity index (χ2n) is 6.46. The van der Waals surface area contributed by atoms with E-state index in [0.29, 0.717) is 36.0 Å². The Hall–Kier alpha value is -3.46. The van der Waals surface area contributed by atoms with E-state index in [1.807, 2.05) is 31.2 Å². The first-order chi connectivity index (χ1) is 14.2. The molecule has 0 saturated carbocycles. The van der Waals surface area contributed by atoms with E-state index in [1.54, 1.807) is 22.7 Å². The van der Waals surface area contributed by atoms with Crippen LogP contribution in [0.25, 0.3) is 15.5 Å². The van der Waals surface area contributed by atoms with Crippen LogP contribution in [0.4, 0.5) is 5.69 Å². The average Bonchev–Trinajstić information content (AvgIpc) is 3.34. The summed E-state index contributed by atoms with van der Waals surface area (Å²) in [4.78, 5) is 13.4. The minimum atomic E-state index is -0.217. The number of anilines is 1. The highest BCUT2D eigenvalue weighted by molar-refractivity contribution is 7.19. The molecule has 146 valence electrons. The van der Waals surface area contributed by atoms with E-state index in [0.717, 1.165) is 27.8 Å². The van der Waals surface area contributed by atoms with Gasteiger partial charge >= 0.3 is 0 Å². The Bertz CT molecular complexity index is 1220. The van der Waals surface area contributed by atoms with Crippen LogP contribution in [-0.4, -0.2) is 38.9 Å². The van der Waals surface area contributed by atoms with Crippen LogP contribution in [0.1, 0.15) is 23.1 Å². The van der Waals surface area contributed by atoms with Crippen LogP contribution >= 0.6 is 11.3 Å². The van der Waals surface area contributed by atoms with Crippen molar-refractivity contribution in [2.24, 2.45) is 0 Å². The number of amides is 1. The van der Waals surface area contributed by atoms with Gasteiger partial charge in [0.25, 0.3) is 5.91 Å². The van der Waals surface area contributed by atoms with Gasteiger partial charge in [-0.3, -0.25) is 4.79 Å². The molecule has 1 aliphatic rings. The summed E-state index contributed by atoms with van der Waals surface area (Å²) in [6.45, 7) is 3.01. The third-order valence-electron chi connectivity index (χ3n) is 4.54. The van der Waals surface area contributed by atoms with Gasteiger partial charge in [-0.2, -0.15) is 9.61 Å². The zero-order valence-electron chi connectivity index (χ0n) is 15.6. The Morgan fingerprint density at radius 1 is 1.14 bits per heavy atom. The van der Waals surface area contributed by atoms with Gasteiger partial charge in [-0.15, -0.1) is 10.2 Å². The number of aromatic nitrogens is 4. The quantitative estimate of drug-likeness (QED) is 0.557. The Balaban J connectivity index is 1.39. The van der Waals surface area contributed by atoms with Crippen LogP contribution in [-0.2, 0) is 6.42 Å². The lowest BCUT2D eigenvalue weighted by Gasteiger charge is -2.18. The molecule has 1 N–H and O–H groups in total. The molecule has 0 saturated heterocycles. The topological polar surface area (TPSA) is 90.6 Å². The summed E-state index contributed by atoms with van der Waals surface area (Å²) < 4.78 is 12.8. The van der Waals surface area contributed by atoms with E-state index < -0.39 is 0 Å². The van der Waals surface area contributed by atoms with Crippen molar-refractivity contribution in [3.8, 4) is 22.1 Å². The smallest absolute Gasteiger partial charge is 0.255 e. The molecule has 0 radical (unpaired) electrons. The van der Waals surface area contributed by atoms with Crippen molar-refractivity contribution in [1.29, 1.82) is 0 Å². The highest BCUT2D eigenvalue weighted by Gasteiger charge is 2.16. The highest BCUT2D eigenvalue weighted by Crippen LogP contribution is 2.31. The molecule has 4 aromatic rings. The molecule has 29 heavy (non-hydrogen) atoms. The molecule has 0 aliphatic carbocycles. The van der Waals surface area contributed by atoms with Crippen molar-refractivity contribution >= 4 is 27.9 Å². The fraction of sp³-hybridized carbons (Fsp3) is 0.200. The zero-order chi connectivity index (χ0) is 19.8. The van der Waals surface area contributed by atoms with E-state index >= 15 is 0 Å². The number of aryl methyl sites for hydroxylation is 1. The molecule has 0 unspecified atom stereocenters. The molecule has 9 heteroatoms. The molecule has 2 aromatic heterocycles. The molecule has 2 aromatic carbocycles. The normalized spacial score (nSPS) is 12.9. The Kier molecular flexibility index (Phi) is 4.36. The largest absolute Gasteiger partial charge is 0.486 e. The first kappa shape index (κ1) is 17.6. The minimum absolute atomic E-state index is 0.217. The van der Waals surface area contributed by atoms with Crippen molar-refractivity contribution in [1.82, 2.24) is 19.8 Å². The molecule has 3 heterocycles. The molecule has 8 nitrogen and oxygen atoms in total. The maximum Gasteiger partial charge on any atom is 0.255 e. The van der Waals surface area contributed by atoms with E-state index in [-0.39, 0.29) is 5.91 Å². The maximum absolute atomic E-state index is 12.7. The van der Waals surface area contributed by atoms with Crippen molar-refractivity contribution in [3.05, 3.63) is 53.9 Å². The fourth-order valence-electron chi connectivity index (χ4n) is 3.11. The van der Waals surface area contributed by atoms with Gasteiger partial charge < -0.3 is 14.8 Å². The summed E-state index contributed by atoms with van der Waals surface area (Å²) in [5.74, 6) is 1.85. The monoisotopic (exact) mass is 407 g/mol. The molecule has 5 rings (SSSR count). The first-order valence-corrected chi connectivity index (χ1v) is 10.1. The highest BCUT2D eigenvalue weighted by atomic mass is 32.1. The fourth-order valence-corrected chi connectivity index (χ4v) is 3.97. The third kappa shape index (κ3) is 3.29. The first-order valence-electron chi connectivity index (χ1n) is 9.24. The molecule has 0 bridgehead atoms. The maximum atomic E-state index is 12.7. The number of nitrogens with zero attached hydrogens (tertiary/aromatic N) is 4. The predicted molar refractivity (Wildman–Crippen MR) is 109 cm³/mol. The van der Waals surface area contributed by atoms with Crippen LogP contribution in [0.5, 0.6) is 11.5 Å². The summed E-state index contributed by atoms with van der Waals surface area (Å²) in [5.41, 5.74) is 2.10. The molecule has 0 fully saturated rings. The van der Waals surface area contributed by atoms with Crippen LogP contribution < -0.4 is 14.8 Å². The number of carbonyl (C=O) groups is 1. The second kappa shape index (κ2) is 7.17. The van der Waals surface area contributed by atoms with E-state index in [1.165, 1.54) is 11.3 Å². The van der Waals surface area contributed by atoms with Crippen molar-refractivity contribution < 1.29 is 14.3 Å². The van der Waals surface area contributed by atoms with E-state index in [9.17, 15) is 4.79 Å². The molecule has 0 atom stereocenters. The lowest BCUT2D eigenvalue weighted by atomic mass is 10.1. The molecule has 1 aliphatic heterocycles. The van der Waals surface area contributed by atoms with E-state index in [4.69, 9.17) is 9.47 Å². The number of hydrogen-bond donors (Lipinski definition) is 1. The minimum Gasteiger partial charge on any atom is -0.486 e. The summed E-state index contributed by atoms with van der Waals surface area (Å²) in [6, 6.07) is 12.8. The Morgan fingerprint density at radius 3 is 2.86 bits per heavy atom. The second-order valence-corrected chi connectivity index (χ2v) is 7.42. The van der Waals surface area contributed by atoms with Gasteiger partial charge in [-0.1, -0.05) is 30.4 Å². The van der Waals surface area contributed by atoms with Crippen LogP contribution in [0.3, 0.4) is 0 Å². The van der Waals surface area contributed by atoms with E-state index in [2.05, 4.69) is 20.6 Å². The summed E-state index contributed by atoms with van der Waals surface area (Å²) >= 11 is 1.46. The molecule has 0 spiro atoms. The van der Waals surface area contributed by atoms with Crippen molar-refractivity contribution in [3.63, 3.8) is 0 Å².